The molecule has 0 bridgehead atoms. The molecular weight excluding hydrogens is 290 g/mol. The zero-order valence-electron chi connectivity index (χ0n) is 12.8. The molecule has 0 saturated heterocycles. The highest BCUT2D eigenvalue weighted by Gasteiger charge is 2.15. The van der Waals surface area contributed by atoms with Crippen molar-refractivity contribution < 1.29 is 9.59 Å². The molecular formula is C18H17N3O2. The number of Topliss-reactive ketones (excluding diaryl/α,β-unsaturated/α-hetero) is 1. The number of nitrogens with two attached hydrogens (primary N) is 1. The first kappa shape index (κ1) is 15.0. The summed E-state index contributed by atoms with van der Waals surface area (Å²) >= 11 is 0. The van der Waals surface area contributed by atoms with Crippen LogP contribution in [0.4, 0.5) is 5.82 Å². The molecule has 2 N–H and O–H groups in total. The molecule has 116 valence electrons. The quantitative estimate of drug-likeness (QED) is 0.751. The van der Waals surface area contributed by atoms with Crippen molar-refractivity contribution in [3.05, 3.63) is 59.7 Å². The Hall–Kier alpha value is -2.95. The van der Waals surface area contributed by atoms with Crippen LogP contribution in [0.15, 0.2) is 48.5 Å². The molecule has 1 heterocycles. The van der Waals surface area contributed by atoms with E-state index in [1.54, 1.807) is 18.2 Å². The van der Waals surface area contributed by atoms with E-state index >= 15 is 0 Å². The minimum atomic E-state index is -0.238. The summed E-state index contributed by atoms with van der Waals surface area (Å²) in [5.74, 6) is 0.0277. The van der Waals surface area contributed by atoms with Gasteiger partial charge in [-0.05, 0) is 19.1 Å². The molecule has 0 spiro atoms. The van der Waals surface area contributed by atoms with E-state index in [1.807, 2.05) is 37.3 Å². The van der Waals surface area contributed by atoms with E-state index in [9.17, 15) is 9.59 Å². The number of nitrogen functional groups attached to an aromatic ring is 1. The number of aryl methyl sites for hydroxylation is 1. The minimum Gasteiger partial charge on any atom is -0.382 e. The maximum Gasteiger partial charge on any atom is 0.247 e. The smallest absolute Gasteiger partial charge is 0.247 e. The third kappa shape index (κ3) is 2.99. The minimum absolute atomic E-state index is 0.0530. The van der Waals surface area contributed by atoms with Crippen molar-refractivity contribution >= 4 is 28.4 Å². The Balaban J connectivity index is 1.74. The highest BCUT2D eigenvalue weighted by Crippen LogP contribution is 2.20. The van der Waals surface area contributed by atoms with Gasteiger partial charge in [0.1, 0.15) is 0 Å². The van der Waals surface area contributed by atoms with Crippen LogP contribution in [0.25, 0.3) is 10.9 Å². The number of anilines is 1. The number of nitrogens with zero attached hydrogens (tertiary/aromatic N) is 2. The first-order valence-corrected chi connectivity index (χ1v) is 7.42. The Bertz CT molecular complexity index is 879. The number of rotatable bonds is 4. The molecule has 0 amide bonds. The summed E-state index contributed by atoms with van der Waals surface area (Å²) in [5.41, 5.74) is 8.20. The van der Waals surface area contributed by atoms with Gasteiger partial charge in [0.15, 0.2) is 11.6 Å². The van der Waals surface area contributed by atoms with Crippen molar-refractivity contribution in [1.29, 1.82) is 0 Å². The zero-order valence-corrected chi connectivity index (χ0v) is 12.8. The lowest BCUT2D eigenvalue weighted by molar-refractivity contribution is 0.0856. The fraction of sp³-hybridized carbons (Fsp3) is 0.167. The van der Waals surface area contributed by atoms with E-state index in [1.165, 1.54) is 4.68 Å². The fourth-order valence-corrected chi connectivity index (χ4v) is 2.49. The third-order valence-electron chi connectivity index (χ3n) is 3.79. The molecule has 0 aliphatic carbocycles. The second-order valence-corrected chi connectivity index (χ2v) is 5.50. The standard InChI is InChI=1S/C18H17N3O2/c1-12-6-8-13(9-7-12)16(22)10-11-17(23)21-15-5-3-2-4-14(15)18(19)20-21/h2-9H,10-11H2,1H3,(H2,19,20). The monoisotopic (exact) mass is 307 g/mol. The number of carbonyl (C=O) groups excluding carboxylic acids is 2. The zero-order chi connectivity index (χ0) is 16.4. The number of carbonyl (C=O) groups is 2. The highest BCUT2D eigenvalue weighted by atomic mass is 16.2. The summed E-state index contributed by atoms with van der Waals surface area (Å²) in [6, 6.07) is 14.6. The Morgan fingerprint density at radius 1 is 1.04 bits per heavy atom. The molecule has 0 aliphatic heterocycles. The van der Waals surface area contributed by atoms with Crippen molar-refractivity contribution in [2.75, 3.05) is 5.73 Å². The van der Waals surface area contributed by atoms with Gasteiger partial charge in [0, 0.05) is 23.8 Å². The lowest BCUT2D eigenvalue weighted by atomic mass is 10.1. The Morgan fingerprint density at radius 2 is 1.74 bits per heavy atom. The molecule has 0 aliphatic rings. The van der Waals surface area contributed by atoms with Gasteiger partial charge in [-0.3, -0.25) is 9.59 Å². The van der Waals surface area contributed by atoms with Crippen molar-refractivity contribution in [2.45, 2.75) is 19.8 Å². The van der Waals surface area contributed by atoms with Crippen molar-refractivity contribution in [3.8, 4) is 0 Å². The summed E-state index contributed by atoms with van der Waals surface area (Å²) in [5, 5.41) is 4.83. The van der Waals surface area contributed by atoms with Gasteiger partial charge >= 0.3 is 0 Å². The molecule has 0 saturated carbocycles. The second kappa shape index (κ2) is 6.04. The predicted octanol–water partition coefficient (Wildman–Crippen LogP) is 3.23. The average Bonchev–Trinajstić information content (AvgIpc) is 2.90. The van der Waals surface area contributed by atoms with Crippen LogP contribution in [0, 0.1) is 6.92 Å². The molecule has 3 rings (SSSR count). The number of para-hydroxylation sites is 1. The van der Waals surface area contributed by atoms with Crippen LogP contribution >= 0.6 is 0 Å². The van der Waals surface area contributed by atoms with Gasteiger partial charge in [-0.1, -0.05) is 42.0 Å². The van der Waals surface area contributed by atoms with Crippen molar-refractivity contribution in [2.24, 2.45) is 0 Å². The van der Waals surface area contributed by atoms with Crippen LogP contribution in [-0.2, 0) is 0 Å². The van der Waals surface area contributed by atoms with Crippen LogP contribution in [0.2, 0.25) is 0 Å². The summed E-state index contributed by atoms with van der Waals surface area (Å²) in [6.07, 6.45) is 0.244. The molecule has 2 aromatic carbocycles. The van der Waals surface area contributed by atoms with E-state index in [4.69, 9.17) is 5.73 Å². The van der Waals surface area contributed by atoms with Crippen LogP contribution in [0.1, 0.15) is 33.6 Å². The van der Waals surface area contributed by atoms with Crippen LogP contribution < -0.4 is 5.73 Å². The molecule has 0 atom stereocenters. The SMILES string of the molecule is Cc1ccc(C(=O)CCC(=O)n2nc(N)c3ccccc32)cc1. The average molecular weight is 307 g/mol. The number of ketones is 1. The van der Waals surface area contributed by atoms with E-state index in [0.717, 1.165) is 10.9 Å². The maximum absolute atomic E-state index is 12.4. The van der Waals surface area contributed by atoms with E-state index in [0.29, 0.717) is 16.9 Å². The molecule has 23 heavy (non-hydrogen) atoms. The number of fused-ring (bicyclic) bond motifs is 1. The number of aromatic nitrogens is 2. The third-order valence-corrected chi connectivity index (χ3v) is 3.79. The number of hydrogen-bond donors (Lipinski definition) is 1. The molecule has 5 heteroatoms. The molecule has 3 aromatic rings. The predicted molar refractivity (Wildman–Crippen MR) is 89.5 cm³/mol. The largest absolute Gasteiger partial charge is 0.382 e. The van der Waals surface area contributed by atoms with Crippen LogP contribution in [-0.4, -0.2) is 21.5 Å². The Kier molecular flexibility index (Phi) is 3.93. The van der Waals surface area contributed by atoms with Gasteiger partial charge in [0.2, 0.25) is 5.91 Å². The Labute approximate surface area is 133 Å². The summed E-state index contributed by atoms with van der Waals surface area (Å²) in [7, 11) is 0. The van der Waals surface area contributed by atoms with Gasteiger partial charge in [0.25, 0.3) is 0 Å². The van der Waals surface area contributed by atoms with Gasteiger partial charge in [0.05, 0.1) is 5.52 Å². The lowest BCUT2D eigenvalue weighted by Gasteiger charge is -2.03. The molecule has 0 fully saturated rings. The van der Waals surface area contributed by atoms with Crippen molar-refractivity contribution in [3.63, 3.8) is 0 Å². The van der Waals surface area contributed by atoms with Gasteiger partial charge in [-0.15, -0.1) is 5.10 Å². The highest BCUT2D eigenvalue weighted by molar-refractivity contribution is 6.00. The molecule has 1 aromatic heterocycles. The molecule has 5 nitrogen and oxygen atoms in total. The van der Waals surface area contributed by atoms with E-state index < -0.39 is 0 Å². The van der Waals surface area contributed by atoms with Crippen LogP contribution in [0.3, 0.4) is 0 Å². The van der Waals surface area contributed by atoms with Gasteiger partial charge in [-0.2, -0.15) is 4.68 Å². The first-order chi connectivity index (χ1) is 11.1. The van der Waals surface area contributed by atoms with Crippen LogP contribution in [0.5, 0.6) is 0 Å². The number of benzene rings is 2. The maximum atomic E-state index is 12.4. The Morgan fingerprint density at radius 3 is 2.48 bits per heavy atom. The lowest BCUT2D eigenvalue weighted by Crippen LogP contribution is -2.14. The van der Waals surface area contributed by atoms with E-state index in [-0.39, 0.29) is 24.5 Å². The van der Waals surface area contributed by atoms with Crippen molar-refractivity contribution in [1.82, 2.24) is 9.78 Å². The summed E-state index contributed by atoms with van der Waals surface area (Å²) in [6.45, 7) is 1.96. The molecule has 0 unspecified atom stereocenters. The first-order valence-electron chi connectivity index (χ1n) is 7.42. The normalized spacial score (nSPS) is 10.8. The fourth-order valence-electron chi connectivity index (χ4n) is 2.49. The van der Waals surface area contributed by atoms with Gasteiger partial charge < -0.3 is 5.73 Å². The molecule has 0 radical (unpaired) electrons. The number of hydrogen-bond acceptors (Lipinski definition) is 4. The second-order valence-electron chi connectivity index (χ2n) is 5.50. The topological polar surface area (TPSA) is 78.0 Å². The van der Waals surface area contributed by atoms with Gasteiger partial charge in [-0.25, -0.2) is 0 Å². The summed E-state index contributed by atoms with van der Waals surface area (Å²) < 4.78 is 1.28. The summed E-state index contributed by atoms with van der Waals surface area (Å²) in [4.78, 5) is 24.5. The van der Waals surface area contributed by atoms with E-state index in [2.05, 4.69) is 5.10 Å².